The lowest BCUT2D eigenvalue weighted by Crippen LogP contribution is -2.04. The number of nitrogens with zero attached hydrogens (tertiary/aromatic N) is 2. The third kappa shape index (κ3) is 4.09. The number of aromatic nitrogens is 2. The number of benzene rings is 2. The topological polar surface area (TPSA) is 49.8 Å². The van der Waals surface area contributed by atoms with E-state index in [1.807, 2.05) is 24.3 Å². The van der Waals surface area contributed by atoms with E-state index in [9.17, 15) is 8.78 Å². The zero-order valence-corrected chi connectivity index (χ0v) is 14.0. The molecule has 2 N–H and O–H groups in total. The maximum atomic E-state index is 13.8. The Bertz CT molecular complexity index is 859. The lowest BCUT2D eigenvalue weighted by Gasteiger charge is -2.11. The molecule has 0 radical (unpaired) electrons. The highest BCUT2D eigenvalue weighted by Crippen LogP contribution is 2.24. The van der Waals surface area contributed by atoms with E-state index in [0.29, 0.717) is 17.5 Å². The van der Waals surface area contributed by atoms with Crippen molar-refractivity contribution in [3.05, 3.63) is 71.4 Å². The predicted molar refractivity (Wildman–Crippen MR) is 95.5 cm³/mol. The first-order valence-corrected chi connectivity index (χ1v) is 7.98. The van der Waals surface area contributed by atoms with Crippen LogP contribution in [0.4, 0.5) is 31.9 Å². The smallest absolute Gasteiger partial charge is 0.229 e. The summed E-state index contributed by atoms with van der Waals surface area (Å²) >= 11 is 0. The third-order valence-corrected chi connectivity index (χ3v) is 3.69. The minimum absolute atomic E-state index is 0.237. The molecule has 0 spiro atoms. The second-order valence-corrected chi connectivity index (χ2v) is 5.62. The highest BCUT2D eigenvalue weighted by molar-refractivity contribution is 5.61. The minimum atomic E-state index is -0.680. The fraction of sp³-hybridized carbons (Fsp3) is 0.158. The lowest BCUT2D eigenvalue weighted by molar-refractivity contribution is 0.590. The zero-order chi connectivity index (χ0) is 17.8. The minimum Gasteiger partial charge on any atom is -0.335 e. The van der Waals surface area contributed by atoms with Crippen LogP contribution in [-0.4, -0.2) is 9.97 Å². The first kappa shape index (κ1) is 16.8. The van der Waals surface area contributed by atoms with Gasteiger partial charge in [0.05, 0.1) is 0 Å². The van der Waals surface area contributed by atoms with Gasteiger partial charge in [0.1, 0.15) is 23.1 Å². The number of aryl methyl sites for hydroxylation is 2. The molecular weight excluding hydrogens is 322 g/mol. The van der Waals surface area contributed by atoms with E-state index in [1.54, 1.807) is 13.0 Å². The Balaban J connectivity index is 1.85. The van der Waals surface area contributed by atoms with Gasteiger partial charge in [0, 0.05) is 17.4 Å². The second kappa shape index (κ2) is 7.25. The van der Waals surface area contributed by atoms with Crippen molar-refractivity contribution in [3.63, 3.8) is 0 Å². The first-order chi connectivity index (χ1) is 12.0. The Labute approximate surface area is 145 Å². The van der Waals surface area contributed by atoms with Crippen molar-refractivity contribution in [2.45, 2.75) is 20.3 Å². The Morgan fingerprint density at radius 3 is 2.24 bits per heavy atom. The number of anilines is 4. The molecule has 0 aliphatic carbocycles. The van der Waals surface area contributed by atoms with E-state index in [0.717, 1.165) is 12.1 Å². The van der Waals surface area contributed by atoms with Gasteiger partial charge in [-0.15, -0.1) is 0 Å². The second-order valence-electron chi connectivity index (χ2n) is 5.62. The van der Waals surface area contributed by atoms with Crippen molar-refractivity contribution < 1.29 is 8.78 Å². The highest BCUT2D eigenvalue weighted by Gasteiger charge is 2.10. The Morgan fingerprint density at radius 2 is 1.60 bits per heavy atom. The molecular formula is C19H18F2N4. The number of nitrogens with one attached hydrogen (secondary N) is 2. The third-order valence-electron chi connectivity index (χ3n) is 3.69. The Hall–Kier alpha value is -3.02. The first-order valence-electron chi connectivity index (χ1n) is 7.98. The molecule has 3 aromatic rings. The Morgan fingerprint density at radius 1 is 0.920 bits per heavy atom. The Kier molecular flexibility index (Phi) is 4.88. The average molecular weight is 340 g/mol. The van der Waals surface area contributed by atoms with Crippen molar-refractivity contribution in [2.75, 3.05) is 10.6 Å². The van der Waals surface area contributed by atoms with Crippen LogP contribution in [0.5, 0.6) is 0 Å². The number of hydrogen-bond donors (Lipinski definition) is 2. The van der Waals surface area contributed by atoms with Crippen LogP contribution in [0.15, 0.2) is 48.5 Å². The standard InChI is InChI=1S/C19H18F2N4/c1-3-13-7-9-14(10-8-13)23-19-22-12(2)11-17(25-19)24-18-15(20)5-4-6-16(18)21/h4-11H,3H2,1-2H3,(H2,22,23,24,25). The van der Waals surface area contributed by atoms with Crippen molar-refractivity contribution in [2.24, 2.45) is 0 Å². The van der Waals surface area contributed by atoms with Crippen molar-refractivity contribution in [1.29, 1.82) is 0 Å². The van der Waals surface area contributed by atoms with Crippen LogP contribution in [0.1, 0.15) is 18.2 Å². The van der Waals surface area contributed by atoms with Gasteiger partial charge in [-0.2, -0.15) is 4.98 Å². The molecule has 0 aliphatic heterocycles. The molecule has 128 valence electrons. The summed E-state index contributed by atoms with van der Waals surface area (Å²) in [5, 5.41) is 5.79. The van der Waals surface area contributed by atoms with Crippen LogP contribution in [0.2, 0.25) is 0 Å². The van der Waals surface area contributed by atoms with Gasteiger partial charge in [-0.3, -0.25) is 0 Å². The van der Waals surface area contributed by atoms with E-state index < -0.39 is 11.6 Å². The molecule has 0 fully saturated rings. The maximum Gasteiger partial charge on any atom is 0.229 e. The van der Waals surface area contributed by atoms with Crippen LogP contribution in [0.3, 0.4) is 0 Å². The van der Waals surface area contributed by atoms with Crippen LogP contribution >= 0.6 is 0 Å². The molecule has 0 aliphatic rings. The summed E-state index contributed by atoms with van der Waals surface area (Å²) in [6.07, 6.45) is 0.962. The fourth-order valence-corrected chi connectivity index (χ4v) is 2.39. The SMILES string of the molecule is CCc1ccc(Nc2nc(C)cc(Nc3c(F)cccc3F)n2)cc1. The van der Waals surface area contributed by atoms with E-state index >= 15 is 0 Å². The number of halogens is 2. The van der Waals surface area contributed by atoms with E-state index in [-0.39, 0.29) is 5.69 Å². The molecule has 6 heteroatoms. The largest absolute Gasteiger partial charge is 0.335 e. The number of rotatable bonds is 5. The molecule has 0 saturated heterocycles. The summed E-state index contributed by atoms with van der Waals surface area (Å²) in [6.45, 7) is 3.88. The van der Waals surface area contributed by atoms with Gasteiger partial charge in [0.25, 0.3) is 0 Å². The summed E-state index contributed by atoms with van der Waals surface area (Å²) < 4.78 is 27.6. The zero-order valence-electron chi connectivity index (χ0n) is 14.0. The monoisotopic (exact) mass is 340 g/mol. The summed E-state index contributed by atoms with van der Waals surface area (Å²) in [4.78, 5) is 8.59. The molecule has 0 bridgehead atoms. The molecule has 0 amide bonds. The maximum absolute atomic E-state index is 13.8. The predicted octanol–water partition coefficient (Wildman–Crippen LogP) is 5.11. The molecule has 3 rings (SSSR count). The molecule has 0 saturated carbocycles. The summed E-state index contributed by atoms with van der Waals surface area (Å²) in [5.74, 6) is -0.700. The van der Waals surface area contributed by atoms with Crippen LogP contribution in [0, 0.1) is 18.6 Å². The van der Waals surface area contributed by atoms with Crippen LogP contribution in [-0.2, 0) is 6.42 Å². The van der Waals surface area contributed by atoms with Gasteiger partial charge < -0.3 is 10.6 Å². The summed E-state index contributed by atoms with van der Waals surface area (Å²) in [7, 11) is 0. The molecule has 2 aromatic carbocycles. The molecule has 0 unspecified atom stereocenters. The fourth-order valence-electron chi connectivity index (χ4n) is 2.39. The molecule has 1 heterocycles. The van der Waals surface area contributed by atoms with Gasteiger partial charge in [0.15, 0.2) is 0 Å². The van der Waals surface area contributed by atoms with Crippen molar-refractivity contribution in [3.8, 4) is 0 Å². The molecule has 4 nitrogen and oxygen atoms in total. The molecule has 1 aromatic heterocycles. The van der Waals surface area contributed by atoms with Gasteiger partial charge in [-0.05, 0) is 43.2 Å². The van der Waals surface area contributed by atoms with E-state index in [4.69, 9.17) is 0 Å². The number of para-hydroxylation sites is 1. The molecule has 25 heavy (non-hydrogen) atoms. The highest BCUT2D eigenvalue weighted by atomic mass is 19.1. The van der Waals surface area contributed by atoms with Crippen molar-refractivity contribution >= 4 is 23.1 Å². The van der Waals surface area contributed by atoms with Crippen molar-refractivity contribution in [1.82, 2.24) is 9.97 Å². The average Bonchev–Trinajstić information content (AvgIpc) is 2.58. The van der Waals surface area contributed by atoms with E-state index in [2.05, 4.69) is 27.5 Å². The van der Waals surface area contributed by atoms with Crippen LogP contribution < -0.4 is 10.6 Å². The van der Waals surface area contributed by atoms with Gasteiger partial charge >= 0.3 is 0 Å². The summed E-state index contributed by atoms with van der Waals surface area (Å²) in [5.41, 5.74) is 2.50. The van der Waals surface area contributed by atoms with Gasteiger partial charge in [-0.25, -0.2) is 13.8 Å². The summed E-state index contributed by atoms with van der Waals surface area (Å²) in [6, 6.07) is 13.2. The van der Waals surface area contributed by atoms with Crippen LogP contribution in [0.25, 0.3) is 0 Å². The quantitative estimate of drug-likeness (QED) is 0.677. The van der Waals surface area contributed by atoms with Gasteiger partial charge in [-0.1, -0.05) is 25.1 Å². The molecule has 0 atom stereocenters. The number of hydrogen-bond acceptors (Lipinski definition) is 4. The van der Waals surface area contributed by atoms with E-state index in [1.165, 1.54) is 23.8 Å². The van der Waals surface area contributed by atoms with Gasteiger partial charge in [0.2, 0.25) is 5.95 Å². The normalized spacial score (nSPS) is 10.6. The lowest BCUT2D eigenvalue weighted by atomic mass is 10.1.